The molecule has 0 fully saturated rings. The van der Waals surface area contributed by atoms with Crippen molar-refractivity contribution in [3.63, 3.8) is 0 Å². The maximum atomic E-state index is 10.2. The summed E-state index contributed by atoms with van der Waals surface area (Å²) in [4.78, 5) is 2.31. The molecule has 0 spiro atoms. The molecule has 0 aliphatic heterocycles. The minimum Gasteiger partial charge on any atom is -0.508 e. The molecule has 14 nitrogen and oxygen atoms in total. The average molecular weight is 828 g/mol. The molecule has 3 rings (SSSR count). The van der Waals surface area contributed by atoms with Gasteiger partial charge in [-0.3, -0.25) is 9.11 Å². The smallest absolute Gasteiger partial charge is 0.394 e. The van der Waals surface area contributed by atoms with Crippen molar-refractivity contribution in [3.05, 3.63) is 76.9 Å². The van der Waals surface area contributed by atoms with E-state index in [1.165, 1.54) is 11.6 Å². The molecule has 3 aromatic carbocycles. The number of phenols is 1. The van der Waals surface area contributed by atoms with Gasteiger partial charge in [-0.1, -0.05) is 32.0 Å². The van der Waals surface area contributed by atoms with Crippen LogP contribution in [0.3, 0.4) is 0 Å². The normalized spacial score (nSPS) is 12.8. The predicted molar refractivity (Wildman–Crippen MR) is 220 cm³/mol. The third-order valence-electron chi connectivity index (χ3n) is 8.91. The van der Waals surface area contributed by atoms with Crippen LogP contribution in [-0.2, 0) is 28.8 Å². The summed E-state index contributed by atoms with van der Waals surface area (Å²) in [7, 11) is 4.00. The Hall–Kier alpha value is -3.85. The number of nitriles is 1. The van der Waals surface area contributed by atoms with Gasteiger partial charge in [0.05, 0.1) is 52.6 Å². The first kappa shape index (κ1) is 52.2. The number of likely N-dealkylation sites (N-methyl/N-ethyl adjacent to an activating group) is 1. The highest BCUT2D eigenvalue weighted by atomic mass is 35.5. The molecular formula is C40H62ClN3O11S. The Bertz CT molecular complexity index is 1760. The molecule has 2 atom stereocenters. The largest absolute Gasteiger partial charge is 0.508 e. The molecular weight excluding hydrogens is 766 g/mol. The number of aliphatic hydroxyl groups excluding tert-OH is 2. The molecule has 0 radical (unpaired) electrons. The molecule has 0 bridgehead atoms. The highest BCUT2D eigenvalue weighted by Gasteiger charge is 2.36. The van der Waals surface area contributed by atoms with Crippen molar-refractivity contribution in [2.24, 2.45) is 5.92 Å². The van der Waals surface area contributed by atoms with Crippen LogP contribution in [0.15, 0.2) is 54.6 Å². The van der Waals surface area contributed by atoms with Crippen molar-refractivity contribution < 1.29 is 51.8 Å². The number of methoxy groups -OCH3 is 4. The third-order valence-corrected chi connectivity index (χ3v) is 8.91. The van der Waals surface area contributed by atoms with E-state index in [9.17, 15) is 15.5 Å². The van der Waals surface area contributed by atoms with Crippen LogP contribution < -0.4 is 24.3 Å². The quantitative estimate of drug-likeness (QED) is 0.0842. The van der Waals surface area contributed by atoms with Crippen LogP contribution in [0.5, 0.6) is 28.7 Å². The lowest BCUT2D eigenvalue weighted by atomic mass is 9.69. The van der Waals surface area contributed by atoms with Gasteiger partial charge < -0.3 is 44.5 Å². The lowest BCUT2D eigenvalue weighted by Gasteiger charge is -2.32. The fourth-order valence-electron chi connectivity index (χ4n) is 5.69. The summed E-state index contributed by atoms with van der Waals surface area (Å²) < 4.78 is 53.2. The molecule has 56 heavy (non-hydrogen) atoms. The van der Waals surface area contributed by atoms with Gasteiger partial charge in [0.25, 0.3) is 0 Å². The highest BCUT2D eigenvalue weighted by molar-refractivity contribution is 7.79. The summed E-state index contributed by atoms with van der Waals surface area (Å²) in [5.41, 5.74) is 2.66. The zero-order chi connectivity index (χ0) is 42.0. The Morgan fingerprint density at radius 2 is 1.39 bits per heavy atom. The molecule has 316 valence electrons. The van der Waals surface area contributed by atoms with Gasteiger partial charge in [0.1, 0.15) is 5.75 Å². The Morgan fingerprint density at radius 3 is 1.88 bits per heavy atom. The predicted octanol–water partition coefficient (Wildman–Crippen LogP) is 6.17. The Balaban J connectivity index is 0.00000110. The van der Waals surface area contributed by atoms with E-state index in [2.05, 4.69) is 43.2 Å². The van der Waals surface area contributed by atoms with Crippen LogP contribution in [0.25, 0.3) is 0 Å². The van der Waals surface area contributed by atoms with E-state index in [-0.39, 0.29) is 36.2 Å². The van der Waals surface area contributed by atoms with Gasteiger partial charge in [-0.25, -0.2) is 0 Å². The number of halogens is 1. The molecule has 0 aliphatic carbocycles. The van der Waals surface area contributed by atoms with Crippen LogP contribution in [-0.4, -0.2) is 98.4 Å². The number of rotatable bonds is 17. The van der Waals surface area contributed by atoms with E-state index in [1.807, 2.05) is 51.1 Å². The summed E-state index contributed by atoms with van der Waals surface area (Å²) >= 11 is 0. The maximum absolute atomic E-state index is 10.2. The molecule has 0 heterocycles. The van der Waals surface area contributed by atoms with E-state index >= 15 is 0 Å². The zero-order valence-corrected chi connectivity index (χ0v) is 35.8. The topological polar surface area (TPSA) is 211 Å². The fraction of sp³-hybridized carbons (Fsp3) is 0.525. The number of aliphatic hydroxyl groups is 2. The van der Waals surface area contributed by atoms with Crippen molar-refractivity contribution in [2.45, 2.75) is 77.5 Å². The van der Waals surface area contributed by atoms with Crippen LogP contribution >= 0.6 is 12.4 Å². The standard InChI is InChI=1S/C27H38N2O4.C13H21NO3.ClH.H2O4S/c1-20(2)27(19-28,22-10-12-24(31-5)26(18-22)33-7)14-8-15-29(3)16-13-21-9-11-23(30-4)25(17-21)32-6;1-13(2,3)14-7-12(17)9-4-5-11(16)10(6-9)8-15;;1-5(2,3)4/h9-12,17-18,20H,8,13-16H2,1-7H3;4-6,12,14-17H,7-8H2,1-3H3;1H;(H2,1,2,3,4). The first-order valence-corrected chi connectivity index (χ1v) is 19.2. The Labute approximate surface area is 339 Å². The summed E-state index contributed by atoms with van der Waals surface area (Å²) in [5.74, 6) is 3.04. The summed E-state index contributed by atoms with van der Waals surface area (Å²) in [6, 6.07) is 19.3. The molecule has 6 N–H and O–H groups in total. The van der Waals surface area contributed by atoms with Gasteiger partial charge in [-0.2, -0.15) is 13.7 Å². The number of nitrogens with one attached hydrogen (secondary N) is 1. The van der Waals surface area contributed by atoms with Gasteiger partial charge >= 0.3 is 10.4 Å². The van der Waals surface area contributed by atoms with Gasteiger partial charge in [-0.15, -0.1) is 12.4 Å². The summed E-state index contributed by atoms with van der Waals surface area (Å²) in [6.07, 6.45) is 1.96. The number of hydrogen-bond donors (Lipinski definition) is 6. The third kappa shape index (κ3) is 18.0. The molecule has 0 saturated heterocycles. The van der Waals surface area contributed by atoms with E-state index in [1.54, 1.807) is 40.6 Å². The van der Waals surface area contributed by atoms with Crippen molar-refractivity contribution in [1.82, 2.24) is 10.2 Å². The van der Waals surface area contributed by atoms with Crippen molar-refractivity contribution in [2.75, 3.05) is 55.1 Å². The highest BCUT2D eigenvalue weighted by Crippen LogP contribution is 2.40. The van der Waals surface area contributed by atoms with Crippen LogP contribution in [0.1, 0.15) is 75.8 Å². The Morgan fingerprint density at radius 1 is 0.857 bits per heavy atom. The lowest BCUT2D eigenvalue weighted by molar-refractivity contribution is 0.163. The monoisotopic (exact) mass is 827 g/mol. The second-order valence-corrected chi connectivity index (χ2v) is 15.2. The SMILES string of the molecule is CC(C)(C)NCC(O)c1ccc(O)c(CO)c1.COc1ccc(CCN(C)CCCC(C#N)(c2ccc(OC)c(OC)c2)C(C)C)cc1OC.Cl.O=S(=O)(O)O. The first-order valence-electron chi connectivity index (χ1n) is 17.8. The number of hydrogen-bond acceptors (Lipinski definition) is 12. The molecule has 0 aliphatic rings. The van der Waals surface area contributed by atoms with E-state index in [4.69, 9.17) is 41.6 Å². The molecule has 16 heteroatoms. The minimum absolute atomic E-state index is 0. The van der Waals surface area contributed by atoms with E-state index in [0.717, 1.165) is 49.4 Å². The first-order chi connectivity index (χ1) is 25.7. The van der Waals surface area contributed by atoms with Crippen molar-refractivity contribution >= 4 is 22.8 Å². The fourth-order valence-corrected chi connectivity index (χ4v) is 5.69. The number of nitrogens with zero attached hydrogens (tertiary/aromatic N) is 2. The molecule has 3 aromatic rings. The summed E-state index contributed by atoms with van der Waals surface area (Å²) in [6.45, 7) is 12.3. The van der Waals surface area contributed by atoms with Gasteiger partial charge in [0.15, 0.2) is 23.0 Å². The molecule has 0 aromatic heterocycles. The number of aromatic hydroxyl groups is 1. The van der Waals surface area contributed by atoms with Crippen molar-refractivity contribution in [1.29, 1.82) is 5.26 Å². The second kappa shape index (κ2) is 24.7. The summed E-state index contributed by atoms with van der Waals surface area (Å²) in [5, 5.41) is 41.9. The molecule has 0 saturated carbocycles. The molecule has 0 amide bonds. The van der Waals surface area contributed by atoms with Crippen molar-refractivity contribution in [3.8, 4) is 34.8 Å². The van der Waals surface area contributed by atoms with Crippen LogP contribution in [0.2, 0.25) is 0 Å². The Kier molecular flexibility index (Phi) is 23.0. The zero-order valence-electron chi connectivity index (χ0n) is 34.2. The van der Waals surface area contributed by atoms with Crippen LogP contribution in [0.4, 0.5) is 0 Å². The molecule has 2 unspecified atom stereocenters. The van der Waals surface area contributed by atoms with E-state index < -0.39 is 21.9 Å². The van der Waals surface area contributed by atoms with Gasteiger partial charge in [0.2, 0.25) is 0 Å². The maximum Gasteiger partial charge on any atom is 0.394 e. The number of ether oxygens (including phenoxy) is 4. The van der Waals surface area contributed by atoms with Gasteiger partial charge in [-0.05, 0) is 113 Å². The number of benzene rings is 3. The lowest BCUT2D eigenvalue weighted by Crippen LogP contribution is -2.38. The number of β-amino-alcohol motifs (C(OH)–C–C–N with tert-alkyl or cyclic N) is 1. The minimum atomic E-state index is -4.67. The van der Waals surface area contributed by atoms with Crippen LogP contribution in [0, 0.1) is 17.2 Å². The van der Waals surface area contributed by atoms with E-state index in [0.29, 0.717) is 29.2 Å². The van der Waals surface area contributed by atoms with Gasteiger partial charge in [0, 0.05) is 24.2 Å². The average Bonchev–Trinajstić information content (AvgIpc) is 3.13. The second-order valence-electron chi connectivity index (χ2n) is 14.3.